The van der Waals surface area contributed by atoms with E-state index in [1.807, 2.05) is 268 Å². The highest BCUT2D eigenvalue weighted by molar-refractivity contribution is 5.81. The van der Waals surface area contributed by atoms with Crippen LogP contribution in [0.4, 0.5) is 5.69 Å². The second-order valence-electron chi connectivity index (χ2n) is 19.8. The Morgan fingerprint density at radius 2 is 0.649 bits per heavy atom. The maximum absolute atomic E-state index is 4.19. The fourth-order valence-electron chi connectivity index (χ4n) is 8.80. The molecule has 0 fully saturated rings. The van der Waals surface area contributed by atoms with E-state index in [9.17, 15) is 0 Å². The van der Waals surface area contributed by atoms with Crippen LogP contribution in [0.15, 0.2) is 360 Å². The third-order valence-corrected chi connectivity index (χ3v) is 13.4. The van der Waals surface area contributed by atoms with Gasteiger partial charge in [-0.3, -0.25) is 39.9 Å². The summed E-state index contributed by atoms with van der Waals surface area (Å²) in [6.45, 7) is 0. The number of nitrogens with one attached hydrogen (secondary N) is 2. The predicted molar refractivity (Wildman–Crippen MR) is 379 cm³/mol. The second kappa shape index (κ2) is 36.2. The Hall–Kier alpha value is -13.3. The van der Waals surface area contributed by atoms with Crippen molar-refractivity contribution in [2.24, 2.45) is 0 Å². The van der Waals surface area contributed by atoms with Crippen molar-refractivity contribution in [1.82, 2.24) is 75.2 Å². The van der Waals surface area contributed by atoms with E-state index >= 15 is 0 Å². The van der Waals surface area contributed by atoms with Gasteiger partial charge in [-0.25, -0.2) is 29.9 Å². The van der Waals surface area contributed by atoms with Gasteiger partial charge in [0.15, 0.2) is 5.82 Å². The standard InChI is InChI=1S/2C10H8N2.2C9H7N.4C8H6N2.C8H8N2/c1-2-5-9(6-3-1)10-11-7-4-8-12-10;1-2-4-9(5-3-1)10-8-11-6-7-12-10;1-2-6-9-8(4-1)5-3-7-10-9;1-2-4-9-7-10-6-5-8(9)3-1;1-3-7-8(9-5-1)4-2-6-10-7;2*1-2-4-8-7(3-1)5-9-6-10-8;1-2-4-8-7(3-1)9-5-6-10-8;1-2-4-8-7(3-1)5-6-9-10-8/h2*1-8H;2*1-7H;4*1-6H;1-6,9-10H. The predicted octanol–water partition coefficient (Wildman–Crippen LogP) is 16.9. The van der Waals surface area contributed by atoms with Crippen molar-refractivity contribution in [2.75, 3.05) is 5.43 Å². The van der Waals surface area contributed by atoms with Gasteiger partial charge in [0.1, 0.15) is 12.7 Å². The Kier molecular flexibility index (Phi) is 24.5. The van der Waals surface area contributed by atoms with Crippen molar-refractivity contribution in [3.8, 4) is 22.6 Å². The molecule has 8 aromatic carbocycles. The molecule has 0 aliphatic carbocycles. The van der Waals surface area contributed by atoms with Crippen LogP contribution >= 0.6 is 0 Å². The quantitative estimate of drug-likeness (QED) is 0.165. The monoisotopic (exact) mass is 1220 g/mol. The number of hydrogen-bond donors (Lipinski definition) is 2. The maximum atomic E-state index is 4.19. The molecule has 2 N–H and O–H groups in total. The molecule has 0 spiro atoms. The lowest BCUT2D eigenvalue weighted by Gasteiger charge is -2.12. The Balaban J connectivity index is 0.000000116. The zero-order chi connectivity index (χ0) is 64.1. The van der Waals surface area contributed by atoms with Crippen LogP contribution in [0.25, 0.3) is 94.3 Å². The molecule has 94 heavy (non-hydrogen) atoms. The third kappa shape index (κ3) is 20.4. The summed E-state index contributed by atoms with van der Waals surface area (Å²) in [6, 6.07) is 83.4. The van der Waals surface area contributed by atoms with Gasteiger partial charge in [0.25, 0.3) is 0 Å². The number of aromatic nitrogens is 14. The van der Waals surface area contributed by atoms with E-state index < -0.39 is 0 Å². The average Bonchev–Trinajstić information content (AvgIpc) is 3.84. The van der Waals surface area contributed by atoms with Crippen LogP contribution < -0.4 is 10.9 Å². The first kappa shape index (κ1) is 63.7. The van der Waals surface area contributed by atoms with Gasteiger partial charge in [-0.1, -0.05) is 176 Å². The SMILES string of the molecule is C1=Cc2ccccc2NN1.c1ccc(-c2cnccn2)cc1.c1ccc(-c2ncccn2)cc1.c1ccc2cnccc2c1.c1ccc2ncccc2c1.c1ccc2nccnc2c1.c1ccc2ncncc2c1.c1ccc2ncncc2c1.c1cnc2cccnc2c1. The van der Waals surface area contributed by atoms with Gasteiger partial charge in [0.2, 0.25) is 0 Å². The van der Waals surface area contributed by atoms with Crippen molar-refractivity contribution in [1.29, 1.82) is 0 Å². The molecule has 0 radical (unpaired) electrons. The zero-order valence-electron chi connectivity index (χ0n) is 50.9. The Morgan fingerprint density at radius 1 is 0.234 bits per heavy atom. The summed E-state index contributed by atoms with van der Waals surface area (Å²) in [5, 5.41) is 5.82. The Bertz CT molecular complexity index is 3920. The number of anilines is 1. The number of para-hydroxylation sites is 6. The van der Waals surface area contributed by atoms with E-state index in [1.54, 1.807) is 68.4 Å². The van der Waals surface area contributed by atoms with Gasteiger partial charge in [-0.05, 0) is 95.7 Å². The summed E-state index contributed by atoms with van der Waals surface area (Å²) in [7, 11) is 0. The largest absolute Gasteiger partial charge is 0.308 e. The maximum Gasteiger partial charge on any atom is 0.159 e. The van der Waals surface area contributed by atoms with Crippen molar-refractivity contribution in [2.45, 2.75) is 0 Å². The molecule has 0 unspecified atom stereocenters. The molecule has 0 atom stereocenters. The van der Waals surface area contributed by atoms with E-state index in [-0.39, 0.29) is 0 Å². The normalized spacial score (nSPS) is 10.3. The number of benzene rings is 8. The summed E-state index contributed by atoms with van der Waals surface area (Å²) >= 11 is 0. The highest BCUT2D eigenvalue weighted by atomic mass is 15.3. The van der Waals surface area contributed by atoms with Crippen molar-refractivity contribution in [3.05, 3.63) is 366 Å². The van der Waals surface area contributed by atoms with Crippen molar-refractivity contribution in [3.63, 3.8) is 0 Å². The Labute approximate surface area is 543 Å². The third-order valence-electron chi connectivity index (χ3n) is 13.4. The number of fused-ring (bicyclic) bond motifs is 7. The van der Waals surface area contributed by atoms with Gasteiger partial charge in [-0.15, -0.1) is 0 Å². The number of pyridine rings is 4. The fourth-order valence-corrected chi connectivity index (χ4v) is 8.80. The van der Waals surface area contributed by atoms with Gasteiger partial charge in [0.05, 0.1) is 56.2 Å². The molecule has 0 saturated carbocycles. The molecule has 10 heterocycles. The van der Waals surface area contributed by atoms with Crippen LogP contribution in [-0.4, -0.2) is 69.8 Å². The van der Waals surface area contributed by atoms with Crippen LogP contribution in [0.5, 0.6) is 0 Å². The topological polar surface area (TPSA) is 205 Å². The zero-order valence-corrected chi connectivity index (χ0v) is 50.9. The van der Waals surface area contributed by atoms with E-state index in [2.05, 4.69) is 111 Å². The number of rotatable bonds is 2. The summed E-state index contributed by atoms with van der Waals surface area (Å²) in [4.78, 5) is 57.1. The van der Waals surface area contributed by atoms with Gasteiger partial charge < -0.3 is 10.9 Å². The van der Waals surface area contributed by atoms with Crippen LogP contribution in [0, 0.1) is 0 Å². The molecule has 18 rings (SSSR count). The number of hydrogen-bond acceptors (Lipinski definition) is 16. The summed E-state index contributed by atoms with van der Waals surface area (Å²) in [5.41, 5.74) is 18.2. The number of hydrazine groups is 1. The summed E-state index contributed by atoms with van der Waals surface area (Å²) in [6.07, 6.45) is 31.7. The van der Waals surface area contributed by atoms with Crippen molar-refractivity contribution >= 4 is 77.3 Å². The molecule has 0 saturated heterocycles. The van der Waals surface area contributed by atoms with Gasteiger partial charge >= 0.3 is 0 Å². The Morgan fingerprint density at radius 3 is 1.20 bits per heavy atom. The lowest BCUT2D eigenvalue weighted by atomic mass is 10.1. The van der Waals surface area contributed by atoms with Gasteiger partial charge in [0, 0.05) is 120 Å². The second-order valence-corrected chi connectivity index (χ2v) is 19.8. The highest BCUT2D eigenvalue weighted by Crippen LogP contribution is 2.18. The smallest absolute Gasteiger partial charge is 0.159 e. The molecule has 16 heteroatoms. The summed E-state index contributed by atoms with van der Waals surface area (Å²) in [5.74, 6) is 0.776. The lowest BCUT2D eigenvalue weighted by Crippen LogP contribution is -2.17. The molecule has 17 aromatic rings. The van der Waals surface area contributed by atoms with E-state index in [0.29, 0.717) is 0 Å². The molecular weight excluding hydrogens is 1160 g/mol. The molecule has 454 valence electrons. The first-order valence-electron chi connectivity index (χ1n) is 29.8. The van der Waals surface area contributed by atoms with E-state index in [0.717, 1.165) is 77.7 Å². The number of nitrogens with zero attached hydrogens (tertiary/aromatic N) is 14. The highest BCUT2D eigenvalue weighted by Gasteiger charge is 2.00. The fraction of sp³-hybridized carbons (Fsp3) is 0. The van der Waals surface area contributed by atoms with Crippen LogP contribution in [0.1, 0.15) is 5.56 Å². The van der Waals surface area contributed by atoms with E-state index in [4.69, 9.17) is 0 Å². The van der Waals surface area contributed by atoms with Crippen LogP contribution in [0.3, 0.4) is 0 Å². The minimum Gasteiger partial charge on any atom is -0.308 e. The molecule has 0 bridgehead atoms. The molecule has 1 aliphatic heterocycles. The molecule has 9 aromatic heterocycles. The summed E-state index contributed by atoms with van der Waals surface area (Å²) < 4.78 is 0. The minimum absolute atomic E-state index is 0.776. The van der Waals surface area contributed by atoms with Crippen molar-refractivity contribution < 1.29 is 0 Å². The molecule has 1 aliphatic rings. The molecule has 16 nitrogen and oxygen atoms in total. The first-order valence-corrected chi connectivity index (χ1v) is 29.8. The lowest BCUT2D eigenvalue weighted by molar-refractivity contribution is 1.05. The van der Waals surface area contributed by atoms with Gasteiger partial charge in [-0.2, -0.15) is 0 Å². The molecular formula is C78H62N16. The van der Waals surface area contributed by atoms with Crippen LogP contribution in [0.2, 0.25) is 0 Å². The average molecular weight is 1220 g/mol. The van der Waals surface area contributed by atoms with Crippen LogP contribution in [-0.2, 0) is 0 Å². The minimum atomic E-state index is 0.776. The first-order chi connectivity index (χ1) is 46.7. The molecule has 0 amide bonds. The van der Waals surface area contributed by atoms with E-state index in [1.165, 1.54) is 21.7 Å².